The largest absolute Gasteiger partial charge is 0.368 e. The van der Waals surface area contributed by atoms with E-state index in [0.717, 1.165) is 66.4 Å². The number of carbonyl (C=O) groups is 2. The van der Waals surface area contributed by atoms with E-state index in [0.29, 0.717) is 24.6 Å². The van der Waals surface area contributed by atoms with Crippen LogP contribution < -0.4 is 5.32 Å². The van der Waals surface area contributed by atoms with Crippen molar-refractivity contribution in [3.05, 3.63) is 15.0 Å². The average Bonchev–Trinajstić information content (AvgIpc) is 3.46. The summed E-state index contributed by atoms with van der Waals surface area (Å²) in [6.07, 6.45) is 7.92. The third kappa shape index (κ3) is 7.20. The van der Waals surface area contributed by atoms with Gasteiger partial charge in [-0.15, -0.1) is 31.7 Å². The number of anilines is 1. The summed E-state index contributed by atoms with van der Waals surface area (Å²) in [6, 6.07) is 0. The van der Waals surface area contributed by atoms with Gasteiger partial charge in [-0.05, 0) is 32.1 Å². The lowest BCUT2D eigenvalue weighted by Gasteiger charge is -2.06. The molecule has 1 N–H and O–H groups in total. The van der Waals surface area contributed by atoms with E-state index in [9.17, 15) is 9.59 Å². The molecule has 0 bridgehead atoms. The van der Waals surface area contributed by atoms with E-state index < -0.39 is 0 Å². The normalized spacial score (nSPS) is 16.2. The van der Waals surface area contributed by atoms with E-state index in [1.165, 1.54) is 22.7 Å². The first-order chi connectivity index (χ1) is 14.1. The van der Waals surface area contributed by atoms with Crippen molar-refractivity contribution in [2.24, 2.45) is 0 Å². The number of rotatable bonds is 12. The summed E-state index contributed by atoms with van der Waals surface area (Å²) in [5.74, 6) is 0.110. The Hall–Kier alpha value is -1.78. The van der Waals surface area contributed by atoms with Crippen molar-refractivity contribution in [2.45, 2.75) is 77.2 Å². The Bertz CT molecular complexity index is 801. The highest BCUT2D eigenvalue weighted by molar-refractivity contribution is 7.15. The van der Waals surface area contributed by atoms with Crippen LogP contribution in [0.25, 0.3) is 0 Å². The fourth-order valence-electron chi connectivity index (χ4n) is 3.02. The van der Waals surface area contributed by atoms with Crippen LogP contribution in [0.5, 0.6) is 0 Å². The molecule has 0 radical (unpaired) electrons. The number of unbranched alkanes of at least 4 members (excludes halogenated alkanes) is 2. The van der Waals surface area contributed by atoms with E-state index >= 15 is 0 Å². The number of aryl methyl sites for hydroxylation is 2. The van der Waals surface area contributed by atoms with Gasteiger partial charge in [-0.25, -0.2) is 0 Å². The van der Waals surface area contributed by atoms with Crippen molar-refractivity contribution in [2.75, 3.05) is 11.9 Å². The van der Waals surface area contributed by atoms with Crippen molar-refractivity contribution in [1.29, 1.82) is 0 Å². The number of ether oxygens (including phenoxy) is 1. The number of carbonyl (C=O) groups excluding carboxylic acids is 2. The third-order valence-electron chi connectivity index (χ3n) is 4.62. The van der Waals surface area contributed by atoms with E-state index in [1.807, 2.05) is 0 Å². The minimum atomic E-state index is -0.360. The second-order valence-electron chi connectivity index (χ2n) is 7.11. The zero-order valence-corrected chi connectivity index (χ0v) is 18.3. The van der Waals surface area contributed by atoms with Crippen LogP contribution in [0, 0.1) is 0 Å². The predicted octanol–water partition coefficient (Wildman–Crippen LogP) is 3.37. The van der Waals surface area contributed by atoms with Gasteiger partial charge in [0.1, 0.15) is 26.9 Å². The van der Waals surface area contributed by atoms with Gasteiger partial charge in [0.05, 0.1) is 6.42 Å². The van der Waals surface area contributed by atoms with Gasteiger partial charge in [0, 0.05) is 25.9 Å². The standard InChI is InChI=1S/C19H27N5O3S2/c1-2-3-7-13(25)12-17-23-21-15(28-17)9-4-5-10-16-22-24-19(29-16)20-18(26)14-8-6-11-27-14/h14H,2-12H2,1H3,(H,20,24,26). The fraction of sp³-hybridized carbons (Fsp3) is 0.684. The van der Waals surface area contributed by atoms with Crippen molar-refractivity contribution in [3.63, 3.8) is 0 Å². The van der Waals surface area contributed by atoms with Crippen LogP contribution in [0.1, 0.15) is 66.9 Å². The SMILES string of the molecule is CCCCC(=O)Cc1nnc(CCCCc2nnc(NC(=O)C3CCCO3)s2)s1. The van der Waals surface area contributed by atoms with Crippen LogP contribution in [0.15, 0.2) is 0 Å². The molecule has 1 aliphatic heterocycles. The molecule has 3 heterocycles. The molecule has 1 atom stereocenters. The highest BCUT2D eigenvalue weighted by atomic mass is 32.1. The highest BCUT2D eigenvalue weighted by Gasteiger charge is 2.24. The van der Waals surface area contributed by atoms with E-state index in [4.69, 9.17) is 4.74 Å². The lowest BCUT2D eigenvalue weighted by atomic mass is 10.1. The number of hydrogen-bond acceptors (Lipinski definition) is 9. The molecule has 0 aliphatic carbocycles. The molecule has 1 aliphatic rings. The molecular weight excluding hydrogens is 410 g/mol. The summed E-state index contributed by atoms with van der Waals surface area (Å²) in [5, 5.41) is 22.6. The molecule has 1 fully saturated rings. The minimum absolute atomic E-state index is 0.134. The molecule has 0 spiro atoms. The summed E-state index contributed by atoms with van der Waals surface area (Å²) in [4.78, 5) is 23.9. The number of nitrogens with one attached hydrogen (secondary N) is 1. The lowest BCUT2D eigenvalue weighted by Crippen LogP contribution is -2.26. The molecule has 10 heteroatoms. The summed E-state index contributed by atoms with van der Waals surface area (Å²) in [5.41, 5.74) is 0. The maximum atomic E-state index is 12.0. The first kappa shape index (κ1) is 21.9. The summed E-state index contributed by atoms with van der Waals surface area (Å²) in [6.45, 7) is 2.73. The Morgan fingerprint density at radius 3 is 2.48 bits per heavy atom. The van der Waals surface area contributed by atoms with Gasteiger partial charge in [0.25, 0.3) is 5.91 Å². The topological polar surface area (TPSA) is 107 Å². The lowest BCUT2D eigenvalue weighted by molar-refractivity contribution is -0.124. The molecule has 1 unspecified atom stereocenters. The molecule has 158 valence electrons. The van der Waals surface area contributed by atoms with E-state index in [1.54, 1.807) is 0 Å². The van der Waals surface area contributed by atoms with Crippen molar-refractivity contribution in [1.82, 2.24) is 20.4 Å². The second-order valence-corrected chi connectivity index (χ2v) is 9.32. The Morgan fingerprint density at radius 1 is 1.03 bits per heavy atom. The molecule has 0 saturated carbocycles. The van der Waals surface area contributed by atoms with E-state index in [2.05, 4.69) is 32.6 Å². The van der Waals surface area contributed by atoms with Gasteiger partial charge < -0.3 is 4.74 Å². The fourth-order valence-corrected chi connectivity index (χ4v) is 4.72. The first-order valence-electron chi connectivity index (χ1n) is 10.2. The zero-order valence-electron chi connectivity index (χ0n) is 16.7. The van der Waals surface area contributed by atoms with Crippen LogP contribution in [-0.4, -0.2) is 44.8 Å². The molecule has 0 aromatic carbocycles. The van der Waals surface area contributed by atoms with Gasteiger partial charge in [0.2, 0.25) is 5.13 Å². The molecule has 1 saturated heterocycles. The van der Waals surface area contributed by atoms with Crippen molar-refractivity contribution < 1.29 is 14.3 Å². The molecule has 8 nitrogen and oxygen atoms in total. The molecule has 2 aromatic heterocycles. The quantitative estimate of drug-likeness (QED) is 0.507. The Kier molecular flexibility index (Phi) is 8.63. The first-order valence-corrected chi connectivity index (χ1v) is 11.8. The van der Waals surface area contributed by atoms with Gasteiger partial charge in [-0.1, -0.05) is 24.7 Å². The van der Waals surface area contributed by atoms with Gasteiger partial charge in [-0.2, -0.15) is 0 Å². The number of aromatic nitrogens is 4. The minimum Gasteiger partial charge on any atom is -0.368 e. The number of amides is 1. The summed E-state index contributed by atoms with van der Waals surface area (Å²) >= 11 is 2.95. The molecule has 29 heavy (non-hydrogen) atoms. The molecular formula is C19H27N5O3S2. The Morgan fingerprint density at radius 2 is 1.76 bits per heavy atom. The monoisotopic (exact) mass is 437 g/mol. The molecule has 3 rings (SSSR count). The maximum absolute atomic E-state index is 12.0. The van der Waals surface area contributed by atoms with Crippen LogP contribution in [-0.2, 0) is 33.6 Å². The number of nitrogens with zero attached hydrogens (tertiary/aromatic N) is 4. The highest BCUT2D eigenvalue weighted by Crippen LogP contribution is 2.20. The Labute approximate surface area is 178 Å². The summed E-state index contributed by atoms with van der Waals surface area (Å²) in [7, 11) is 0. The van der Waals surface area contributed by atoms with Gasteiger partial charge in [0.15, 0.2) is 0 Å². The maximum Gasteiger partial charge on any atom is 0.255 e. The Balaban J connectivity index is 1.34. The van der Waals surface area contributed by atoms with Gasteiger partial charge >= 0.3 is 0 Å². The smallest absolute Gasteiger partial charge is 0.255 e. The number of hydrogen-bond donors (Lipinski definition) is 1. The predicted molar refractivity (Wildman–Crippen MR) is 112 cm³/mol. The van der Waals surface area contributed by atoms with Crippen LogP contribution >= 0.6 is 22.7 Å². The van der Waals surface area contributed by atoms with Crippen molar-refractivity contribution in [3.8, 4) is 0 Å². The van der Waals surface area contributed by atoms with E-state index in [-0.39, 0.29) is 17.8 Å². The second kappa shape index (κ2) is 11.4. The number of ketones is 1. The van der Waals surface area contributed by atoms with Crippen LogP contribution in [0.3, 0.4) is 0 Å². The van der Waals surface area contributed by atoms with Gasteiger partial charge in [-0.3, -0.25) is 14.9 Å². The molecule has 2 aromatic rings. The van der Waals surface area contributed by atoms with Crippen LogP contribution in [0.2, 0.25) is 0 Å². The van der Waals surface area contributed by atoms with Crippen molar-refractivity contribution >= 4 is 39.5 Å². The average molecular weight is 438 g/mol. The molecule has 1 amide bonds. The van der Waals surface area contributed by atoms with Crippen LogP contribution in [0.4, 0.5) is 5.13 Å². The number of Topliss-reactive ketones (excluding diaryl/α,β-unsaturated/α-hetero) is 1. The third-order valence-corrected chi connectivity index (χ3v) is 6.50. The summed E-state index contributed by atoms with van der Waals surface area (Å²) < 4.78 is 5.37. The zero-order chi connectivity index (χ0) is 20.5.